The van der Waals surface area contributed by atoms with Gasteiger partial charge in [0.05, 0.1) is 12.1 Å². The molecule has 2 aromatic rings. The molecule has 2 aliphatic heterocycles. The highest BCUT2D eigenvalue weighted by Crippen LogP contribution is 2.29. The third kappa shape index (κ3) is 4.51. The van der Waals surface area contributed by atoms with Gasteiger partial charge in [-0.05, 0) is 49.2 Å². The van der Waals surface area contributed by atoms with Crippen molar-refractivity contribution in [1.82, 2.24) is 10.2 Å². The molecule has 0 aromatic heterocycles. The number of anilines is 1. The molecule has 0 bridgehead atoms. The van der Waals surface area contributed by atoms with Crippen LogP contribution in [0.15, 0.2) is 48.5 Å². The van der Waals surface area contributed by atoms with Gasteiger partial charge in [0.25, 0.3) is 5.91 Å². The second-order valence-corrected chi connectivity index (χ2v) is 7.37. The number of ether oxygens (including phenoxy) is 1. The minimum atomic E-state index is -0.808. The minimum Gasteiger partial charge on any atom is -0.478 e. The number of nitrogens with one attached hydrogen (secondary N) is 2. The van der Waals surface area contributed by atoms with Crippen molar-refractivity contribution >= 4 is 17.5 Å². The van der Waals surface area contributed by atoms with Crippen LogP contribution in [-0.4, -0.2) is 35.9 Å². The topological polar surface area (TPSA) is 70.7 Å². The highest BCUT2D eigenvalue weighted by atomic mass is 16.5. The maximum atomic E-state index is 12.3. The van der Waals surface area contributed by atoms with Gasteiger partial charge in [0.1, 0.15) is 5.75 Å². The van der Waals surface area contributed by atoms with E-state index in [2.05, 4.69) is 27.7 Å². The molecule has 2 heterocycles. The van der Waals surface area contributed by atoms with Crippen LogP contribution in [0.5, 0.6) is 5.75 Å². The van der Waals surface area contributed by atoms with Gasteiger partial charge in [-0.1, -0.05) is 36.4 Å². The molecule has 0 aliphatic carbocycles. The van der Waals surface area contributed by atoms with Crippen molar-refractivity contribution < 1.29 is 14.3 Å². The number of carbonyl (C=O) groups is 2. The number of hydrogen-bond donors (Lipinski definition) is 2. The molecule has 6 nitrogen and oxygen atoms in total. The Morgan fingerprint density at radius 3 is 2.57 bits per heavy atom. The first-order valence-electron chi connectivity index (χ1n) is 9.81. The summed E-state index contributed by atoms with van der Waals surface area (Å²) >= 11 is 0. The second kappa shape index (κ2) is 8.44. The van der Waals surface area contributed by atoms with Crippen LogP contribution in [0.2, 0.25) is 0 Å². The fourth-order valence-electron chi connectivity index (χ4n) is 3.63. The quantitative estimate of drug-likeness (QED) is 0.810. The summed E-state index contributed by atoms with van der Waals surface area (Å²) in [5.41, 5.74) is 2.97. The van der Waals surface area contributed by atoms with Crippen LogP contribution < -0.4 is 15.4 Å². The van der Waals surface area contributed by atoms with E-state index in [1.807, 2.05) is 24.3 Å². The normalized spacial score (nSPS) is 18.9. The van der Waals surface area contributed by atoms with Crippen LogP contribution in [0.3, 0.4) is 0 Å². The summed E-state index contributed by atoms with van der Waals surface area (Å²) < 4.78 is 5.67. The Kier molecular flexibility index (Phi) is 5.58. The highest BCUT2D eigenvalue weighted by molar-refractivity contribution is 5.99. The maximum absolute atomic E-state index is 12.3. The van der Waals surface area contributed by atoms with Gasteiger partial charge in [-0.2, -0.15) is 0 Å². The Bertz CT molecular complexity index is 844. The average molecular weight is 379 g/mol. The van der Waals surface area contributed by atoms with Gasteiger partial charge in [0.15, 0.2) is 6.10 Å². The van der Waals surface area contributed by atoms with E-state index in [9.17, 15) is 9.59 Å². The summed E-state index contributed by atoms with van der Waals surface area (Å²) in [7, 11) is 0. The Hall–Kier alpha value is -2.86. The van der Waals surface area contributed by atoms with Gasteiger partial charge in [-0.25, -0.2) is 0 Å². The van der Waals surface area contributed by atoms with Gasteiger partial charge >= 0.3 is 0 Å². The van der Waals surface area contributed by atoms with Gasteiger partial charge < -0.3 is 15.4 Å². The lowest BCUT2D eigenvalue weighted by Gasteiger charge is -2.25. The molecule has 1 saturated heterocycles. The fraction of sp³-hybridized carbons (Fsp3) is 0.364. The SMILES string of the molecule is O=C(C[C@H]1Oc2ccccc2NC1=O)NCc1ccc(CN2CCCC2)cc1. The number of para-hydroxylation sites is 2. The Morgan fingerprint density at radius 1 is 1.07 bits per heavy atom. The van der Waals surface area contributed by atoms with Crippen LogP contribution in [0.1, 0.15) is 30.4 Å². The Morgan fingerprint density at radius 2 is 1.79 bits per heavy atom. The largest absolute Gasteiger partial charge is 0.478 e. The molecular formula is C22H25N3O3. The zero-order valence-electron chi connectivity index (χ0n) is 15.8. The molecule has 146 valence electrons. The van der Waals surface area contributed by atoms with Crippen LogP contribution in [0.25, 0.3) is 0 Å². The van der Waals surface area contributed by atoms with E-state index in [4.69, 9.17) is 4.74 Å². The van der Waals surface area contributed by atoms with Crippen molar-refractivity contribution in [2.24, 2.45) is 0 Å². The molecule has 0 spiro atoms. The molecule has 0 saturated carbocycles. The molecule has 1 atom stereocenters. The van der Waals surface area contributed by atoms with Crippen LogP contribution in [-0.2, 0) is 22.7 Å². The van der Waals surface area contributed by atoms with Crippen molar-refractivity contribution in [3.05, 3.63) is 59.7 Å². The van der Waals surface area contributed by atoms with Gasteiger partial charge in [-0.15, -0.1) is 0 Å². The molecule has 1 fully saturated rings. The number of amides is 2. The van der Waals surface area contributed by atoms with E-state index in [1.54, 1.807) is 12.1 Å². The molecule has 2 aromatic carbocycles. The number of rotatable bonds is 6. The van der Waals surface area contributed by atoms with E-state index < -0.39 is 6.10 Å². The molecule has 4 rings (SSSR count). The summed E-state index contributed by atoms with van der Waals surface area (Å²) in [5.74, 6) is 0.0919. The third-order valence-corrected chi connectivity index (χ3v) is 5.19. The lowest BCUT2D eigenvalue weighted by Crippen LogP contribution is -2.40. The van der Waals surface area contributed by atoms with E-state index in [-0.39, 0.29) is 18.2 Å². The van der Waals surface area contributed by atoms with Crippen molar-refractivity contribution in [3.63, 3.8) is 0 Å². The average Bonchev–Trinajstić information content (AvgIpc) is 3.21. The molecule has 2 aliphatic rings. The molecule has 28 heavy (non-hydrogen) atoms. The summed E-state index contributed by atoms with van der Waals surface area (Å²) in [4.78, 5) is 26.9. The number of carbonyl (C=O) groups excluding carboxylic acids is 2. The molecule has 0 unspecified atom stereocenters. The minimum absolute atomic E-state index is 0.00673. The van der Waals surface area contributed by atoms with E-state index in [1.165, 1.54) is 31.5 Å². The highest BCUT2D eigenvalue weighted by Gasteiger charge is 2.29. The maximum Gasteiger partial charge on any atom is 0.266 e. The number of nitrogens with zero attached hydrogens (tertiary/aromatic N) is 1. The molecule has 6 heteroatoms. The number of likely N-dealkylation sites (tertiary alicyclic amines) is 1. The molecule has 0 radical (unpaired) electrons. The van der Waals surface area contributed by atoms with E-state index >= 15 is 0 Å². The summed E-state index contributed by atoms with van der Waals surface area (Å²) in [5, 5.41) is 5.65. The first kappa shape index (κ1) is 18.5. The third-order valence-electron chi connectivity index (χ3n) is 5.19. The number of fused-ring (bicyclic) bond motifs is 1. The summed E-state index contributed by atoms with van der Waals surface area (Å²) in [6.07, 6.45) is 1.77. The van der Waals surface area contributed by atoms with Crippen molar-refractivity contribution in [2.75, 3.05) is 18.4 Å². The second-order valence-electron chi connectivity index (χ2n) is 7.37. The Balaban J connectivity index is 1.26. The standard InChI is InChI=1S/C22H25N3O3/c26-21(13-20-22(27)24-18-5-1-2-6-19(18)28-20)23-14-16-7-9-17(10-8-16)15-25-11-3-4-12-25/h1-2,5-10,20H,3-4,11-15H2,(H,23,26)(H,24,27)/t20-/m1/s1. The molecule has 2 N–H and O–H groups in total. The van der Waals surface area contributed by atoms with E-state index in [0.29, 0.717) is 18.0 Å². The summed E-state index contributed by atoms with van der Waals surface area (Å²) in [6, 6.07) is 15.5. The number of hydrogen-bond acceptors (Lipinski definition) is 4. The van der Waals surface area contributed by atoms with Crippen LogP contribution >= 0.6 is 0 Å². The lowest BCUT2D eigenvalue weighted by atomic mass is 10.1. The fourth-order valence-corrected chi connectivity index (χ4v) is 3.63. The van der Waals surface area contributed by atoms with Gasteiger partial charge in [-0.3, -0.25) is 14.5 Å². The van der Waals surface area contributed by atoms with Crippen LogP contribution in [0, 0.1) is 0 Å². The van der Waals surface area contributed by atoms with E-state index in [0.717, 1.165) is 12.1 Å². The zero-order chi connectivity index (χ0) is 19.3. The van der Waals surface area contributed by atoms with Crippen LogP contribution in [0.4, 0.5) is 5.69 Å². The smallest absolute Gasteiger partial charge is 0.266 e. The molecular weight excluding hydrogens is 354 g/mol. The van der Waals surface area contributed by atoms with Gasteiger partial charge in [0.2, 0.25) is 5.91 Å². The lowest BCUT2D eigenvalue weighted by molar-refractivity contribution is -0.130. The Labute approximate surface area is 164 Å². The molecule has 2 amide bonds. The predicted molar refractivity (Wildman–Crippen MR) is 107 cm³/mol. The van der Waals surface area contributed by atoms with Crippen molar-refractivity contribution in [1.29, 1.82) is 0 Å². The monoisotopic (exact) mass is 379 g/mol. The van der Waals surface area contributed by atoms with Crippen molar-refractivity contribution in [2.45, 2.75) is 38.5 Å². The van der Waals surface area contributed by atoms with Gasteiger partial charge in [0, 0.05) is 13.1 Å². The first-order valence-corrected chi connectivity index (χ1v) is 9.81. The summed E-state index contributed by atoms with van der Waals surface area (Å²) in [6.45, 7) is 3.79. The zero-order valence-corrected chi connectivity index (χ0v) is 15.8. The predicted octanol–water partition coefficient (Wildman–Crippen LogP) is 2.69. The first-order chi connectivity index (χ1) is 13.7. The van der Waals surface area contributed by atoms with Crippen molar-refractivity contribution in [3.8, 4) is 5.75 Å². The number of benzene rings is 2.